The first-order valence-electron chi connectivity index (χ1n) is 6.73. The van der Waals surface area contributed by atoms with Crippen LogP contribution in [0.3, 0.4) is 0 Å². The molecule has 19 heavy (non-hydrogen) atoms. The normalized spacial score (nSPS) is 19.1. The second-order valence-electron chi connectivity index (χ2n) is 5.07. The Bertz CT molecular complexity index is 399. The molecule has 1 atom stereocenters. The van der Waals surface area contributed by atoms with Gasteiger partial charge in [0, 0.05) is 6.54 Å². The summed E-state index contributed by atoms with van der Waals surface area (Å²) in [4.78, 5) is 13.7. The van der Waals surface area contributed by atoms with Crippen LogP contribution < -0.4 is 0 Å². The summed E-state index contributed by atoms with van der Waals surface area (Å²) in [6, 6.07) is 10.3. The number of carbonyl (C=O) groups excluding carboxylic acids is 1. The molecule has 0 radical (unpaired) electrons. The molecule has 1 aromatic carbocycles. The molecule has 0 aromatic heterocycles. The van der Waals surface area contributed by atoms with Gasteiger partial charge in [-0.2, -0.15) is 0 Å². The summed E-state index contributed by atoms with van der Waals surface area (Å²) in [6.07, 6.45) is 0.704. The molecule has 1 saturated heterocycles. The number of hydrogen-bond acceptors (Lipinski definition) is 4. The molecule has 4 heteroatoms. The van der Waals surface area contributed by atoms with Gasteiger partial charge in [-0.3, -0.25) is 4.90 Å². The van der Waals surface area contributed by atoms with Crippen molar-refractivity contribution >= 4 is 5.97 Å². The molecule has 1 fully saturated rings. The largest absolute Gasteiger partial charge is 0.467 e. The van der Waals surface area contributed by atoms with E-state index < -0.39 is 12.1 Å². The van der Waals surface area contributed by atoms with Crippen molar-refractivity contribution in [3.63, 3.8) is 0 Å². The Labute approximate surface area is 114 Å². The summed E-state index contributed by atoms with van der Waals surface area (Å²) in [5.74, 6) is -0.485. The third kappa shape index (κ3) is 3.78. The summed E-state index contributed by atoms with van der Waals surface area (Å²) in [6.45, 7) is 2.75. The second kappa shape index (κ2) is 6.68. The topological polar surface area (TPSA) is 49.8 Å². The molecule has 1 aromatic rings. The van der Waals surface area contributed by atoms with E-state index >= 15 is 0 Å². The Hall–Kier alpha value is -1.39. The summed E-state index contributed by atoms with van der Waals surface area (Å²) >= 11 is 0. The SMILES string of the molecule is COC(=O)C(O)C1CCN(Cc2ccccc2)CC1. The number of aliphatic hydroxyl groups is 1. The van der Waals surface area contributed by atoms with Crippen molar-refractivity contribution in [3.8, 4) is 0 Å². The Morgan fingerprint density at radius 3 is 2.58 bits per heavy atom. The van der Waals surface area contributed by atoms with E-state index in [0.717, 1.165) is 32.5 Å². The first-order chi connectivity index (χ1) is 9.20. The van der Waals surface area contributed by atoms with Gasteiger partial charge < -0.3 is 9.84 Å². The van der Waals surface area contributed by atoms with Crippen LogP contribution >= 0.6 is 0 Å². The third-order valence-corrected chi connectivity index (χ3v) is 3.77. The molecule has 0 amide bonds. The van der Waals surface area contributed by atoms with Crippen LogP contribution in [0, 0.1) is 5.92 Å². The molecule has 104 valence electrons. The molecule has 2 rings (SSSR count). The van der Waals surface area contributed by atoms with E-state index in [-0.39, 0.29) is 5.92 Å². The van der Waals surface area contributed by atoms with Gasteiger partial charge in [0.05, 0.1) is 7.11 Å². The predicted octanol–water partition coefficient (Wildman–Crippen LogP) is 1.43. The Balaban J connectivity index is 1.81. The van der Waals surface area contributed by atoms with Crippen molar-refractivity contribution in [1.29, 1.82) is 0 Å². The molecule has 1 aliphatic heterocycles. The van der Waals surface area contributed by atoms with E-state index in [2.05, 4.69) is 21.8 Å². The number of esters is 1. The van der Waals surface area contributed by atoms with Gasteiger partial charge in [0.2, 0.25) is 0 Å². The van der Waals surface area contributed by atoms with Gasteiger partial charge in [0.25, 0.3) is 0 Å². The minimum Gasteiger partial charge on any atom is -0.467 e. The Morgan fingerprint density at radius 2 is 2.00 bits per heavy atom. The van der Waals surface area contributed by atoms with Crippen LogP contribution in [0.15, 0.2) is 30.3 Å². The number of ether oxygens (including phenoxy) is 1. The van der Waals surface area contributed by atoms with Crippen LogP contribution in [-0.4, -0.2) is 42.3 Å². The summed E-state index contributed by atoms with van der Waals surface area (Å²) in [7, 11) is 1.32. The number of nitrogens with zero attached hydrogens (tertiary/aromatic N) is 1. The van der Waals surface area contributed by atoms with Crippen molar-refractivity contribution in [1.82, 2.24) is 4.90 Å². The standard InChI is InChI=1S/C15H21NO3/c1-19-15(18)14(17)13-7-9-16(10-8-13)11-12-5-3-2-4-6-12/h2-6,13-14,17H,7-11H2,1H3. The van der Waals surface area contributed by atoms with Gasteiger partial charge in [-0.25, -0.2) is 4.79 Å². The summed E-state index contributed by atoms with van der Waals surface area (Å²) in [5.41, 5.74) is 1.30. The molecule has 0 saturated carbocycles. The van der Waals surface area contributed by atoms with E-state index in [4.69, 9.17) is 0 Å². The van der Waals surface area contributed by atoms with Gasteiger partial charge in [-0.05, 0) is 37.4 Å². The van der Waals surface area contributed by atoms with Crippen molar-refractivity contribution in [2.75, 3.05) is 20.2 Å². The first kappa shape index (κ1) is 14.0. The highest BCUT2D eigenvalue weighted by molar-refractivity contribution is 5.74. The lowest BCUT2D eigenvalue weighted by Crippen LogP contribution is -2.40. The monoisotopic (exact) mass is 263 g/mol. The lowest BCUT2D eigenvalue weighted by molar-refractivity contribution is -0.154. The fraction of sp³-hybridized carbons (Fsp3) is 0.533. The van der Waals surface area contributed by atoms with E-state index in [1.165, 1.54) is 12.7 Å². The highest BCUT2D eigenvalue weighted by atomic mass is 16.5. The van der Waals surface area contributed by atoms with Gasteiger partial charge in [0.1, 0.15) is 0 Å². The molecular formula is C15H21NO3. The van der Waals surface area contributed by atoms with Crippen molar-refractivity contribution in [3.05, 3.63) is 35.9 Å². The van der Waals surface area contributed by atoms with Crippen LogP contribution in [0.4, 0.5) is 0 Å². The lowest BCUT2D eigenvalue weighted by Gasteiger charge is -2.33. The van der Waals surface area contributed by atoms with Crippen LogP contribution in [0.25, 0.3) is 0 Å². The zero-order valence-corrected chi connectivity index (χ0v) is 11.3. The first-order valence-corrected chi connectivity index (χ1v) is 6.73. The van der Waals surface area contributed by atoms with E-state index in [0.29, 0.717) is 0 Å². The molecule has 0 spiro atoms. The molecular weight excluding hydrogens is 242 g/mol. The third-order valence-electron chi connectivity index (χ3n) is 3.77. The summed E-state index contributed by atoms with van der Waals surface area (Å²) < 4.78 is 4.59. The molecule has 1 unspecified atom stereocenters. The van der Waals surface area contributed by atoms with Crippen molar-refractivity contribution < 1.29 is 14.6 Å². The van der Waals surface area contributed by atoms with Gasteiger partial charge in [0.15, 0.2) is 6.10 Å². The molecule has 0 aliphatic carbocycles. The quantitative estimate of drug-likeness (QED) is 0.835. The van der Waals surface area contributed by atoms with E-state index in [1.807, 2.05) is 18.2 Å². The number of benzene rings is 1. The number of rotatable bonds is 4. The van der Waals surface area contributed by atoms with Crippen LogP contribution in [0.2, 0.25) is 0 Å². The predicted molar refractivity (Wildman–Crippen MR) is 72.5 cm³/mol. The minimum absolute atomic E-state index is 0.0273. The number of hydrogen-bond donors (Lipinski definition) is 1. The summed E-state index contributed by atoms with van der Waals surface area (Å²) in [5, 5.41) is 9.83. The average Bonchev–Trinajstić information content (AvgIpc) is 2.47. The number of likely N-dealkylation sites (tertiary alicyclic amines) is 1. The van der Waals surface area contributed by atoms with Crippen LogP contribution in [0.1, 0.15) is 18.4 Å². The number of methoxy groups -OCH3 is 1. The molecule has 1 aliphatic rings. The lowest BCUT2D eigenvalue weighted by atomic mass is 9.91. The van der Waals surface area contributed by atoms with Gasteiger partial charge in [-0.15, -0.1) is 0 Å². The van der Waals surface area contributed by atoms with Crippen LogP contribution in [-0.2, 0) is 16.1 Å². The average molecular weight is 263 g/mol. The van der Waals surface area contributed by atoms with E-state index in [1.54, 1.807) is 0 Å². The second-order valence-corrected chi connectivity index (χ2v) is 5.07. The maximum absolute atomic E-state index is 11.3. The fourth-order valence-corrected chi connectivity index (χ4v) is 2.58. The molecule has 4 nitrogen and oxygen atoms in total. The minimum atomic E-state index is -0.969. The van der Waals surface area contributed by atoms with Gasteiger partial charge in [-0.1, -0.05) is 30.3 Å². The number of aliphatic hydroxyl groups excluding tert-OH is 1. The highest BCUT2D eigenvalue weighted by Gasteiger charge is 2.30. The Kier molecular flexibility index (Phi) is 4.93. The smallest absolute Gasteiger partial charge is 0.334 e. The number of piperidine rings is 1. The maximum Gasteiger partial charge on any atom is 0.334 e. The molecule has 0 bridgehead atoms. The van der Waals surface area contributed by atoms with Crippen molar-refractivity contribution in [2.45, 2.75) is 25.5 Å². The number of carbonyl (C=O) groups is 1. The maximum atomic E-state index is 11.3. The van der Waals surface area contributed by atoms with Gasteiger partial charge >= 0.3 is 5.97 Å². The zero-order chi connectivity index (χ0) is 13.7. The van der Waals surface area contributed by atoms with E-state index in [9.17, 15) is 9.90 Å². The molecule has 1 heterocycles. The van der Waals surface area contributed by atoms with Crippen LogP contribution in [0.5, 0.6) is 0 Å². The zero-order valence-electron chi connectivity index (χ0n) is 11.3. The fourth-order valence-electron chi connectivity index (χ4n) is 2.58. The van der Waals surface area contributed by atoms with Crippen molar-refractivity contribution in [2.24, 2.45) is 5.92 Å². The molecule has 1 N–H and O–H groups in total. The highest BCUT2D eigenvalue weighted by Crippen LogP contribution is 2.22. The Morgan fingerprint density at radius 1 is 1.37 bits per heavy atom.